The summed E-state index contributed by atoms with van der Waals surface area (Å²) in [6.45, 7) is 0. The van der Waals surface area contributed by atoms with Crippen molar-refractivity contribution >= 4 is 34.6 Å². The van der Waals surface area contributed by atoms with E-state index in [0.29, 0.717) is 27.8 Å². The number of benzene rings is 1. The Hall–Kier alpha value is -3.39. The van der Waals surface area contributed by atoms with Gasteiger partial charge in [-0.25, -0.2) is 9.37 Å². The number of carbonyl (C=O) groups excluding carboxylic acids is 1. The maximum atomic E-state index is 12.9. The number of nitrogens with zero attached hydrogens (tertiary/aromatic N) is 4. The van der Waals surface area contributed by atoms with Gasteiger partial charge >= 0.3 is 0 Å². The molecular weight excluding hydrogens is 373 g/mol. The lowest BCUT2D eigenvalue weighted by Crippen LogP contribution is -2.13. The highest BCUT2D eigenvalue weighted by Gasteiger charge is 2.10. The summed E-state index contributed by atoms with van der Waals surface area (Å²) in [5.74, 6) is -0.596. The molecule has 3 rings (SSSR count). The van der Waals surface area contributed by atoms with Crippen LogP contribution in [0.2, 0.25) is 5.02 Å². The van der Waals surface area contributed by atoms with Gasteiger partial charge in [-0.1, -0.05) is 11.6 Å². The van der Waals surface area contributed by atoms with E-state index in [9.17, 15) is 9.18 Å². The molecule has 0 aliphatic carbocycles. The summed E-state index contributed by atoms with van der Waals surface area (Å²) < 4.78 is 18.2. The number of halogens is 2. The third-order valence-electron chi connectivity index (χ3n) is 3.41. The molecule has 136 valence electrons. The molecule has 7 nitrogen and oxygen atoms in total. The zero-order valence-electron chi connectivity index (χ0n) is 14.1. The van der Waals surface area contributed by atoms with Crippen LogP contribution in [0.5, 0.6) is 5.75 Å². The van der Waals surface area contributed by atoms with Crippen molar-refractivity contribution in [2.24, 2.45) is 10.2 Å². The molecule has 27 heavy (non-hydrogen) atoms. The number of amides is 1. The van der Waals surface area contributed by atoms with Gasteiger partial charge in [0.15, 0.2) is 0 Å². The quantitative estimate of drug-likeness (QED) is 0.629. The van der Waals surface area contributed by atoms with E-state index in [1.807, 2.05) is 0 Å². The van der Waals surface area contributed by atoms with Crippen molar-refractivity contribution in [2.75, 3.05) is 12.4 Å². The predicted octanol–water partition coefficient (Wildman–Crippen LogP) is 4.95. The summed E-state index contributed by atoms with van der Waals surface area (Å²) in [7, 11) is 1.47. The fourth-order valence-electron chi connectivity index (χ4n) is 2.10. The van der Waals surface area contributed by atoms with E-state index < -0.39 is 11.7 Å². The summed E-state index contributed by atoms with van der Waals surface area (Å²) in [4.78, 5) is 19.8. The second-order valence-corrected chi connectivity index (χ2v) is 5.64. The molecule has 0 bridgehead atoms. The third kappa shape index (κ3) is 4.62. The van der Waals surface area contributed by atoms with Gasteiger partial charge in [-0.05, 0) is 30.3 Å². The average molecular weight is 386 g/mol. The number of rotatable bonds is 5. The minimum Gasteiger partial charge on any atom is -0.494 e. The van der Waals surface area contributed by atoms with Crippen LogP contribution in [0.1, 0.15) is 10.5 Å². The first-order valence-corrected chi connectivity index (χ1v) is 8.07. The molecule has 0 fully saturated rings. The summed E-state index contributed by atoms with van der Waals surface area (Å²) in [6, 6.07) is 8.93. The van der Waals surface area contributed by atoms with Crippen molar-refractivity contribution in [3.05, 3.63) is 71.5 Å². The van der Waals surface area contributed by atoms with Crippen molar-refractivity contribution in [1.82, 2.24) is 9.97 Å². The second kappa shape index (κ2) is 8.33. The third-order valence-corrected chi connectivity index (χ3v) is 3.71. The molecule has 0 radical (unpaired) electrons. The molecule has 1 aromatic carbocycles. The van der Waals surface area contributed by atoms with Crippen LogP contribution in [0.3, 0.4) is 0 Å². The largest absolute Gasteiger partial charge is 0.494 e. The monoisotopic (exact) mass is 385 g/mol. The zero-order valence-corrected chi connectivity index (χ0v) is 14.8. The first-order valence-electron chi connectivity index (χ1n) is 7.69. The van der Waals surface area contributed by atoms with Gasteiger partial charge in [-0.2, -0.15) is 0 Å². The van der Waals surface area contributed by atoms with Crippen molar-refractivity contribution in [3.8, 4) is 5.75 Å². The lowest BCUT2D eigenvalue weighted by Gasteiger charge is -2.08. The average Bonchev–Trinajstić information content (AvgIpc) is 2.68. The molecule has 0 spiro atoms. The highest BCUT2D eigenvalue weighted by molar-refractivity contribution is 6.32. The number of pyridine rings is 2. The summed E-state index contributed by atoms with van der Waals surface area (Å²) >= 11 is 5.99. The number of ether oxygens (including phenoxy) is 1. The number of anilines is 1. The Labute approximate surface area is 158 Å². The maximum Gasteiger partial charge on any atom is 0.274 e. The number of hydrogen-bond acceptors (Lipinski definition) is 6. The zero-order chi connectivity index (χ0) is 19.2. The fourth-order valence-corrected chi connectivity index (χ4v) is 2.26. The van der Waals surface area contributed by atoms with Gasteiger partial charge in [0, 0.05) is 24.1 Å². The summed E-state index contributed by atoms with van der Waals surface area (Å²) in [6.07, 6.45) is 4.00. The van der Waals surface area contributed by atoms with Gasteiger partial charge < -0.3 is 10.1 Å². The first kappa shape index (κ1) is 18.4. The number of hydrogen-bond donors (Lipinski definition) is 1. The molecule has 1 N–H and O–H groups in total. The van der Waals surface area contributed by atoms with Crippen LogP contribution >= 0.6 is 11.6 Å². The van der Waals surface area contributed by atoms with Crippen molar-refractivity contribution in [2.45, 2.75) is 0 Å². The van der Waals surface area contributed by atoms with Gasteiger partial charge in [0.05, 0.1) is 18.3 Å². The van der Waals surface area contributed by atoms with Crippen molar-refractivity contribution < 1.29 is 13.9 Å². The van der Waals surface area contributed by atoms with Gasteiger partial charge in [-0.3, -0.25) is 9.78 Å². The van der Waals surface area contributed by atoms with Crippen LogP contribution in [-0.2, 0) is 0 Å². The smallest absolute Gasteiger partial charge is 0.274 e. The predicted molar refractivity (Wildman–Crippen MR) is 98.6 cm³/mol. The molecule has 0 atom stereocenters. The van der Waals surface area contributed by atoms with Crippen molar-refractivity contribution in [3.63, 3.8) is 0 Å². The minimum atomic E-state index is -0.516. The fraction of sp³-hybridized carbons (Fsp3) is 0.0556. The van der Waals surface area contributed by atoms with Crippen LogP contribution in [0.15, 0.2) is 65.2 Å². The number of carbonyl (C=O) groups is 1. The highest BCUT2D eigenvalue weighted by Crippen LogP contribution is 2.33. The molecule has 9 heteroatoms. The Kier molecular flexibility index (Phi) is 5.68. The maximum absolute atomic E-state index is 12.9. The molecule has 0 saturated carbocycles. The Morgan fingerprint density at radius 1 is 1.15 bits per heavy atom. The van der Waals surface area contributed by atoms with Gasteiger partial charge in [0.1, 0.15) is 28.6 Å². The van der Waals surface area contributed by atoms with Crippen LogP contribution < -0.4 is 10.1 Å². The normalized spacial score (nSPS) is 10.8. The molecule has 2 heterocycles. The number of methoxy groups -OCH3 is 1. The molecular formula is C18H13ClFN5O2. The van der Waals surface area contributed by atoms with E-state index in [1.54, 1.807) is 30.5 Å². The van der Waals surface area contributed by atoms with Crippen molar-refractivity contribution in [1.29, 1.82) is 0 Å². The van der Waals surface area contributed by atoms with Gasteiger partial charge in [0.25, 0.3) is 5.91 Å². The summed E-state index contributed by atoms with van der Waals surface area (Å²) in [5.41, 5.74) is 1.46. The number of aromatic nitrogens is 2. The lowest BCUT2D eigenvalue weighted by atomic mass is 10.2. The topological polar surface area (TPSA) is 88.8 Å². The van der Waals surface area contributed by atoms with E-state index in [-0.39, 0.29) is 5.69 Å². The standard InChI is InChI=1S/C18H13ClFN5O2/c1-27-17-8-12(23-18(26)16-4-2-11(20)9-22-16)3-5-15(17)25-24-14-6-7-21-10-13(14)19/h2-10H,1H3,(H,23,26). The first-order chi connectivity index (χ1) is 13.1. The van der Waals surface area contributed by atoms with E-state index in [2.05, 4.69) is 25.5 Å². The molecule has 3 aromatic rings. The molecule has 0 saturated heterocycles. The molecule has 0 unspecified atom stereocenters. The van der Waals surface area contributed by atoms with E-state index in [4.69, 9.17) is 16.3 Å². The molecule has 1 amide bonds. The second-order valence-electron chi connectivity index (χ2n) is 5.23. The summed E-state index contributed by atoms with van der Waals surface area (Å²) in [5, 5.41) is 11.2. The lowest BCUT2D eigenvalue weighted by molar-refractivity contribution is 0.102. The molecule has 2 aromatic heterocycles. The van der Waals surface area contributed by atoms with Gasteiger partial charge in [-0.15, -0.1) is 10.2 Å². The van der Waals surface area contributed by atoms with Crippen LogP contribution in [0.25, 0.3) is 0 Å². The SMILES string of the molecule is COc1cc(NC(=O)c2ccc(F)cn2)ccc1N=Nc1ccncc1Cl. The van der Waals surface area contributed by atoms with Crippen LogP contribution in [0, 0.1) is 5.82 Å². The van der Waals surface area contributed by atoms with Crippen LogP contribution in [-0.4, -0.2) is 23.0 Å². The Balaban J connectivity index is 1.79. The van der Waals surface area contributed by atoms with E-state index in [0.717, 1.165) is 12.3 Å². The number of azo groups is 1. The Morgan fingerprint density at radius 3 is 2.67 bits per heavy atom. The molecule has 0 aliphatic rings. The van der Waals surface area contributed by atoms with Crippen LogP contribution in [0.4, 0.5) is 21.5 Å². The van der Waals surface area contributed by atoms with Gasteiger partial charge in [0.2, 0.25) is 0 Å². The molecule has 0 aliphatic heterocycles. The van der Waals surface area contributed by atoms with E-state index >= 15 is 0 Å². The van der Waals surface area contributed by atoms with E-state index in [1.165, 1.54) is 19.4 Å². The Morgan fingerprint density at radius 2 is 1.96 bits per heavy atom. The minimum absolute atomic E-state index is 0.0893. The highest BCUT2D eigenvalue weighted by atomic mass is 35.5. The number of nitrogens with one attached hydrogen (secondary N) is 1. The Bertz CT molecular complexity index is 995.